The van der Waals surface area contributed by atoms with E-state index >= 15 is 4.39 Å². The maximum atomic E-state index is 16.6. The number of hydrogen-bond acceptors (Lipinski definition) is 13. The number of rotatable bonds is 28. The molecule has 1 fully saturated rings. The van der Waals surface area contributed by atoms with Gasteiger partial charge >= 0.3 is 35.8 Å². The number of esters is 6. The molecule has 0 N–H and O–H groups in total. The van der Waals surface area contributed by atoms with E-state index in [1.807, 2.05) is 19.1 Å². The Morgan fingerprint density at radius 2 is 1.20 bits per heavy atom. The van der Waals surface area contributed by atoms with Gasteiger partial charge in [0.2, 0.25) is 0 Å². The molecular formula is C56H71FO13. The summed E-state index contributed by atoms with van der Waals surface area (Å²) in [5, 5.41) is 0. The fourth-order valence-corrected chi connectivity index (χ4v) is 8.37. The Balaban J connectivity index is 1.71. The second-order valence-corrected chi connectivity index (χ2v) is 18.4. The number of ether oxygens (including phenoxy) is 7. The van der Waals surface area contributed by atoms with Gasteiger partial charge in [-0.3, -0.25) is 19.2 Å². The quantitative estimate of drug-likeness (QED) is 0.0222. The molecule has 0 radical (unpaired) electrons. The van der Waals surface area contributed by atoms with Gasteiger partial charge < -0.3 is 33.2 Å². The van der Waals surface area contributed by atoms with E-state index in [2.05, 4.69) is 53.8 Å². The average Bonchev–Trinajstić information content (AvgIpc) is 3.35. The van der Waals surface area contributed by atoms with Crippen LogP contribution in [0.2, 0.25) is 0 Å². The molecule has 70 heavy (non-hydrogen) atoms. The number of benzene rings is 3. The maximum absolute atomic E-state index is 16.6. The second-order valence-electron chi connectivity index (χ2n) is 18.4. The van der Waals surface area contributed by atoms with Crippen LogP contribution in [0.1, 0.15) is 127 Å². The number of halogens is 1. The van der Waals surface area contributed by atoms with Crippen molar-refractivity contribution in [2.24, 2.45) is 11.3 Å². The third kappa shape index (κ3) is 17.6. The SMILES string of the molecule is C=C(C)C(=O)OCCCc1cc(-c2ccc(-c3ccc(C4CCC(CCCCC)CC4)cc3)cc2F)c(CCC)cc1OCC(COC(=O)CC(=O)OC)(COC(=O)CC(=O)OC)COC(=O)C(=C)C. The maximum Gasteiger partial charge on any atom is 0.333 e. The van der Waals surface area contributed by atoms with Crippen molar-refractivity contribution in [3.63, 3.8) is 0 Å². The smallest absolute Gasteiger partial charge is 0.333 e. The van der Waals surface area contributed by atoms with Gasteiger partial charge in [0.05, 0.1) is 20.8 Å². The Kier molecular flexibility index (Phi) is 22.8. The summed E-state index contributed by atoms with van der Waals surface area (Å²) in [6, 6.07) is 17.4. The highest BCUT2D eigenvalue weighted by molar-refractivity contribution is 5.92. The van der Waals surface area contributed by atoms with E-state index in [1.165, 1.54) is 63.9 Å². The molecule has 380 valence electrons. The third-order valence-electron chi connectivity index (χ3n) is 12.5. The third-order valence-corrected chi connectivity index (χ3v) is 12.5. The summed E-state index contributed by atoms with van der Waals surface area (Å²) in [5.74, 6) is -3.81. The number of carbonyl (C=O) groups is 6. The van der Waals surface area contributed by atoms with E-state index in [4.69, 9.17) is 23.7 Å². The Bertz CT molecular complexity index is 2260. The van der Waals surface area contributed by atoms with Gasteiger partial charge in [-0.05, 0) is 122 Å². The van der Waals surface area contributed by atoms with Crippen molar-refractivity contribution < 1.29 is 66.3 Å². The molecule has 13 nitrogen and oxygen atoms in total. The van der Waals surface area contributed by atoms with Gasteiger partial charge in [0.1, 0.15) is 56.3 Å². The number of carbonyl (C=O) groups excluding carboxylic acids is 6. The topological polar surface area (TPSA) is 167 Å². The van der Waals surface area contributed by atoms with Gasteiger partial charge in [0.15, 0.2) is 0 Å². The lowest BCUT2D eigenvalue weighted by Crippen LogP contribution is -2.44. The number of unbranched alkanes of at least 4 members (excludes halogenated alkanes) is 2. The van der Waals surface area contributed by atoms with Crippen molar-refractivity contribution in [2.45, 2.75) is 124 Å². The molecule has 3 aromatic carbocycles. The van der Waals surface area contributed by atoms with Crippen LogP contribution in [-0.4, -0.2) is 83.1 Å². The van der Waals surface area contributed by atoms with Crippen LogP contribution < -0.4 is 4.74 Å². The first-order valence-electron chi connectivity index (χ1n) is 24.3. The Morgan fingerprint density at radius 1 is 0.614 bits per heavy atom. The molecule has 14 heteroatoms. The van der Waals surface area contributed by atoms with Gasteiger partial charge in [0.25, 0.3) is 0 Å². The van der Waals surface area contributed by atoms with Gasteiger partial charge in [-0.25, -0.2) is 14.0 Å². The molecule has 1 aliphatic rings. The van der Waals surface area contributed by atoms with E-state index in [0.29, 0.717) is 47.6 Å². The van der Waals surface area contributed by atoms with Gasteiger partial charge in [0, 0.05) is 16.7 Å². The van der Waals surface area contributed by atoms with E-state index < -0.39 is 86.3 Å². The van der Waals surface area contributed by atoms with E-state index in [-0.39, 0.29) is 24.2 Å². The minimum atomic E-state index is -1.63. The predicted octanol–water partition coefficient (Wildman–Crippen LogP) is 10.7. The molecule has 0 saturated heterocycles. The summed E-state index contributed by atoms with van der Waals surface area (Å²) in [6.07, 6.45) is 10.4. The molecule has 1 saturated carbocycles. The minimum Gasteiger partial charge on any atom is -0.492 e. The highest BCUT2D eigenvalue weighted by atomic mass is 19.1. The predicted molar refractivity (Wildman–Crippen MR) is 263 cm³/mol. The van der Waals surface area contributed by atoms with Crippen molar-refractivity contribution in [1.29, 1.82) is 0 Å². The lowest BCUT2D eigenvalue weighted by atomic mass is 9.77. The number of methoxy groups -OCH3 is 2. The fraction of sp³-hybridized carbons (Fsp3) is 0.500. The zero-order valence-corrected chi connectivity index (χ0v) is 41.9. The molecule has 0 bridgehead atoms. The molecule has 0 unspecified atom stereocenters. The van der Waals surface area contributed by atoms with Crippen molar-refractivity contribution >= 4 is 35.8 Å². The van der Waals surface area contributed by atoms with E-state index in [1.54, 1.807) is 25.1 Å². The van der Waals surface area contributed by atoms with Crippen LogP contribution >= 0.6 is 0 Å². The molecule has 4 rings (SSSR count). The lowest BCUT2D eigenvalue weighted by Gasteiger charge is -2.32. The summed E-state index contributed by atoms with van der Waals surface area (Å²) in [5.41, 5.74) is 3.98. The van der Waals surface area contributed by atoms with Crippen molar-refractivity contribution in [3.8, 4) is 28.0 Å². The summed E-state index contributed by atoms with van der Waals surface area (Å²) in [6.45, 7) is 12.4. The van der Waals surface area contributed by atoms with Crippen LogP contribution in [0, 0.1) is 17.2 Å². The highest BCUT2D eigenvalue weighted by Gasteiger charge is 2.38. The molecule has 0 spiro atoms. The van der Waals surface area contributed by atoms with Crippen LogP contribution in [0.3, 0.4) is 0 Å². The zero-order valence-electron chi connectivity index (χ0n) is 41.9. The van der Waals surface area contributed by atoms with Crippen molar-refractivity contribution in [1.82, 2.24) is 0 Å². The summed E-state index contributed by atoms with van der Waals surface area (Å²) >= 11 is 0. The normalized spacial score (nSPS) is 14.4. The van der Waals surface area contributed by atoms with Crippen LogP contribution in [0.15, 0.2) is 78.9 Å². The number of aryl methyl sites for hydroxylation is 2. The van der Waals surface area contributed by atoms with Gasteiger partial charge in [-0.15, -0.1) is 0 Å². The van der Waals surface area contributed by atoms with Crippen molar-refractivity contribution in [2.75, 3.05) is 47.3 Å². The molecule has 0 aliphatic heterocycles. The zero-order chi connectivity index (χ0) is 51.2. The van der Waals surface area contributed by atoms with E-state index in [0.717, 1.165) is 36.8 Å². The molecule has 0 heterocycles. The minimum absolute atomic E-state index is 0.0342. The van der Waals surface area contributed by atoms with Crippen LogP contribution in [-0.2, 0) is 70.0 Å². The number of hydrogen-bond donors (Lipinski definition) is 0. The largest absolute Gasteiger partial charge is 0.492 e. The Hall–Kier alpha value is -6.31. The fourth-order valence-electron chi connectivity index (χ4n) is 8.37. The Morgan fingerprint density at radius 3 is 1.76 bits per heavy atom. The first-order valence-corrected chi connectivity index (χ1v) is 24.3. The summed E-state index contributed by atoms with van der Waals surface area (Å²) in [7, 11) is 2.21. The lowest BCUT2D eigenvalue weighted by molar-refractivity contribution is -0.165. The van der Waals surface area contributed by atoms with Crippen LogP contribution in [0.4, 0.5) is 4.39 Å². The standard InChI is InChI=1S/C56H71FO13/c1-9-11-12-15-39-17-19-40(20-18-39)41-21-23-42(24-22-41)43-25-26-46(48(57)29-43)47-28-45(16-13-27-66-54(62)37(3)4)49(30-44(47)14-10-2)67-33-56(36-70-55(63)38(5)6,34-68-52(60)31-50(58)64-7)35-69-53(61)32-51(59)65-8/h21-26,28-30,39-40H,3,5,9-20,27,31-36H2,1-2,4,6-8H3. The summed E-state index contributed by atoms with van der Waals surface area (Å²) < 4.78 is 54.2. The second kappa shape index (κ2) is 28.4. The first-order chi connectivity index (χ1) is 33.5. The van der Waals surface area contributed by atoms with Crippen molar-refractivity contribution in [3.05, 3.63) is 101 Å². The highest BCUT2D eigenvalue weighted by Crippen LogP contribution is 2.40. The van der Waals surface area contributed by atoms with Crippen LogP contribution in [0.5, 0.6) is 5.75 Å². The monoisotopic (exact) mass is 970 g/mol. The van der Waals surface area contributed by atoms with E-state index in [9.17, 15) is 28.8 Å². The van der Waals surface area contributed by atoms with Gasteiger partial charge in [-0.2, -0.15) is 0 Å². The van der Waals surface area contributed by atoms with Gasteiger partial charge in [-0.1, -0.05) is 95.5 Å². The Labute approximate surface area is 412 Å². The summed E-state index contributed by atoms with van der Waals surface area (Å²) in [4.78, 5) is 74.5. The molecule has 0 aromatic heterocycles. The molecule has 0 atom stereocenters. The molecule has 3 aromatic rings. The molecule has 1 aliphatic carbocycles. The first kappa shape index (κ1) is 56.3. The molecule has 0 amide bonds. The molecular weight excluding hydrogens is 900 g/mol. The average molecular weight is 971 g/mol. The van der Waals surface area contributed by atoms with Crippen LogP contribution in [0.25, 0.3) is 22.3 Å².